The maximum Gasteiger partial charge on any atom is 0.256 e. The quantitative estimate of drug-likeness (QED) is 0.487. The van der Waals surface area contributed by atoms with Crippen LogP contribution < -0.4 is 10.1 Å². The zero-order valence-electron chi connectivity index (χ0n) is 19.4. The third kappa shape index (κ3) is 3.09. The minimum absolute atomic E-state index is 0.0790. The number of aryl methyl sites for hydroxylation is 2. The second kappa shape index (κ2) is 7.62. The third-order valence-corrected chi connectivity index (χ3v) is 7.31. The van der Waals surface area contributed by atoms with E-state index >= 15 is 0 Å². The van der Waals surface area contributed by atoms with Crippen LogP contribution in [0.3, 0.4) is 0 Å². The van der Waals surface area contributed by atoms with Crippen molar-refractivity contribution in [1.82, 2.24) is 19.8 Å². The number of benzene rings is 1. The van der Waals surface area contributed by atoms with Gasteiger partial charge < -0.3 is 19.4 Å². The number of nitrogens with one attached hydrogen (secondary N) is 1. The number of ether oxygens (including phenoxy) is 1. The SMILES string of the molecule is CNC(=O)c1c(C)oc2cc(Oc3ccnn4cc(C(=O)N5CC6CCC5C6)c(C)c34)ccc12. The summed E-state index contributed by atoms with van der Waals surface area (Å²) in [6.07, 6.45) is 6.93. The highest BCUT2D eigenvalue weighted by molar-refractivity contribution is 6.07. The lowest BCUT2D eigenvalue weighted by molar-refractivity contribution is 0.0703. The first-order chi connectivity index (χ1) is 16.4. The van der Waals surface area contributed by atoms with E-state index in [1.54, 1.807) is 43.0 Å². The van der Waals surface area contributed by atoms with E-state index in [9.17, 15) is 9.59 Å². The number of piperidine rings is 1. The Kier molecular flexibility index (Phi) is 4.65. The highest BCUT2D eigenvalue weighted by Crippen LogP contribution is 2.39. The van der Waals surface area contributed by atoms with Crippen molar-refractivity contribution >= 4 is 28.3 Å². The lowest BCUT2D eigenvalue weighted by Crippen LogP contribution is -2.37. The topological polar surface area (TPSA) is 89.1 Å². The van der Waals surface area contributed by atoms with Crippen molar-refractivity contribution in [1.29, 1.82) is 0 Å². The van der Waals surface area contributed by atoms with Gasteiger partial charge in [-0.05, 0) is 56.7 Å². The van der Waals surface area contributed by atoms with Gasteiger partial charge >= 0.3 is 0 Å². The van der Waals surface area contributed by atoms with Crippen LogP contribution in [0.1, 0.15) is 51.3 Å². The zero-order valence-corrected chi connectivity index (χ0v) is 19.4. The Morgan fingerprint density at radius 1 is 1.21 bits per heavy atom. The normalized spacial score (nSPS) is 19.3. The maximum absolute atomic E-state index is 13.4. The number of carbonyl (C=O) groups excluding carboxylic acids is 2. The molecule has 1 N–H and O–H groups in total. The van der Waals surface area contributed by atoms with Gasteiger partial charge in [-0.25, -0.2) is 4.52 Å². The lowest BCUT2D eigenvalue weighted by atomic mass is 10.1. The number of carbonyl (C=O) groups is 2. The van der Waals surface area contributed by atoms with E-state index in [0.29, 0.717) is 45.9 Å². The van der Waals surface area contributed by atoms with Gasteiger partial charge in [0, 0.05) is 43.4 Å². The lowest BCUT2D eigenvalue weighted by Gasteiger charge is -2.26. The van der Waals surface area contributed by atoms with Gasteiger partial charge in [0.2, 0.25) is 0 Å². The average Bonchev–Trinajstić information content (AvgIpc) is 3.60. The molecule has 0 radical (unpaired) electrons. The van der Waals surface area contributed by atoms with E-state index in [0.717, 1.165) is 35.9 Å². The molecule has 2 bridgehead atoms. The molecule has 4 aromatic rings. The Balaban J connectivity index is 1.35. The molecule has 2 aliphatic rings. The fraction of sp³-hybridized carbons (Fsp3) is 0.346. The summed E-state index contributed by atoms with van der Waals surface area (Å²) in [6, 6.07) is 7.57. The molecule has 1 aliphatic carbocycles. The van der Waals surface area contributed by atoms with E-state index in [4.69, 9.17) is 9.15 Å². The monoisotopic (exact) mass is 458 g/mol. The summed E-state index contributed by atoms with van der Waals surface area (Å²) in [5, 5.41) is 7.80. The van der Waals surface area contributed by atoms with Crippen molar-refractivity contribution in [2.45, 2.75) is 39.2 Å². The molecule has 8 heteroatoms. The van der Waals surface area contributed by atoms with E-state index in [1.807, 2.05) is 24.0 Å². The zero-order chi connectivity index (χ0) is 23.6. The molecule has 1 aliphatic heterocycles. The first-order valence-electron chi connectivity index (χ1n) is 11.7. The smallest absolute Gasteiger partial charge is 0.256 e. The molecule has 1 aromatic carbocycles. The summed E-state index contributed by atoms with van der Waals surface area (Å²) in [4.78, 5) is 27.6. The molecule has 1 saturated carbocycles. The van der Waals surface area contributed by atoms with Crippen molar-refractivity contribution in [3.63, 3.8) is 0 Å². The summed E-state index contributed by atoms with van der Waals surface area (Å²) in [5.74, 6) is 2.27. The Bertz CT molecular complexity index is 1470. The molecule has 2 fully saturated rings. The molecule has 4 heterocycles. The van der Waals surface area contributed by atoms with Crippen LogP contribution in [0.25, 0.3) is 16.5 Å². The summed E-state index contributed by atoms with van der Waals surface area (Å²) in [7, 11) is 1.60. The minimum atomic E-state index is -0.187. The van der Waals surface area contributed by atoms with Gasteiger partial charge in [0.05, 0.1) is 17.3 Å². The average molecular weight is 459 g/mol. The van der Waals surface area contributed by atoms with Crippen LogP contribution in [-0.4, -0.2) is 46.0 Å². The summed E-state index contributed by atoms with van der Waals surface area (Å²) < 4.78 is 13.8. The molecule has 2 amide bonds. The number of likely N-dealkylation sites (tertiary alicyclic amines) is 1. The first kappa shape index (κ1) is 20.8. The highest BCUT2D eigenvalue weighted by atomic mass is 16.5. The molecule has 1 saturated heterocycles. The molecule has 34 heavy (non-hydrogen) atoms. The fourth-order valence-corrected chi connectivity index (χ4v) is 5.65. The molecule has 174 valence electrons. The van der Waals surface area contributed by atoms with Gasteiger partial charge in [-0.1, -0.05) is 0 Å². The molecule has 3 aromatic heterocycles. The van der Waals surface area contributed by atoms with Crippen molar-refractivity contribution in [2.75, 3.05) is 13.6 Å². The second-order valence-electron chi connectivity index (χ2n) is 9.32. The van der Waals surface area contributed by atoms with Crippen molar-refractivity contribution in [3.8, 4) is 11.5 Å². The highest BCUT2D eigenvalue weighted by Gasteiger charge is 2.41. The third-order valence-electron chi connectivity index (χ3n) is 7.31. The van der Waals surface area contributed by atoms with Crippen LogP contribution in [-0.2, 0) is 0 Å². The standard InChI is InChI=1S/C26H26N4O4/c1-14-20(26(32)29-12-16-4-5-17(29)10-16)13-30-24(14)21(8-9-28-30)34-18-6-7-19-22(11-18)33-15(2)23(19)25(31)27-3/h6-9,11,13,16-17H,4-5,10,12H2,1-3H3,(H,27,31). The Hall–Kier alpha value is -3.81. The number of rotatable bonds is 4. The largest absolute Gasteiger partial charge is 0.460 e. The van der Waals surface area contributed by atoms with Gasteiger partial charge in [0.25, 0.3) is 11.8 Å². The minimum Gasteiger partial charge on any atom is -0.460 e. The van der Waals surface area contributed by atoms with E-state index in [1.165, 1.54) is 6.42 Å². The van der Waals surface area contributed by atoms with E-state index in [2.05, 4.69) is 10.4 Å². The van der Waals surface area contributed by atoms with Crippen LogP contribution in [0.4, 0.5) is 0 Å². The predicted molar refractivity (Wildman–Crippen MR) is 127 cm³/mol. The Morgan fingerprint density at radius 3 is 2.79 bits per heavy atom. The molecule has 0 spiro atoms. The number of furan rings is 1. The summed E-state index contributed by atoms with van der Waals surface area (Å²) in [6.45, 7) is 4.57. The van der Waals surface area contributed by atoms with E-state index < -0.39 is 0 Å². The molecule has 2 atom stereocenters. The van der Waals surface area contributed by atoms with Gasteiger partial charge in [-0.15, -0.1) is 0 Å². The van der Waals surface area contributed by atoms with Gasteiger partial charge in [0.1, 0.15) is 22.6 Å². The first-order valence-corrected chi connectivity index (χ1v) is 11.7. The van der Waals surface area contributed by atoms with Crippen molar-refractivity contribution in [3.05, 3.63) is 59.1 Å². The van der Waals surface area contributed by atoms with Gasteiger partial charge in [0.15, 0.2) is 5.75 Å². The fourth-order valence-electron chi connectivity index (χ4n) is 5.65. The van der Waals surface area contributed by atoms with Crippen LogP contribution in [0.15, 0.2) is 41.1 Å². The maximum atomic E-state index is 13.4. The number of aromatic nitrogens is 2. The number of hydrogen-bond donors (Lipinski definition) is 1. The van der Waals surface area contributed by atoms with Gasteiger partial charge in [-0.2, -0.15) is 5.10 Å². The summed E-state index contributed by atoms with van der Waals surface area (Å²) in [5.41, 5.74) is 3.38. The molecule has 6 rings (SSSR count). The van der Waals surface area contributed by atoms with Crippen LogP contribution >= 0.6 is 0 Å². The van der Waals surface area contributed by atoms with Crippen molar-refractivity contribution in [2.24, 2.45) is 5.92 Å². The molecular weight excluding hydrogens is 432 g/mol. The predicted octanol–water partition coefficient (Wildman–Crippen LogP) is 4.47. The summed E-state index contributed by atoms with van der Waals surface area (Å²) >= 11 is 0. The van der Waals surface area contributed by atoms with Crippen LogP contribution in [0.2, 0.25) is 0 Å². The number of fused-ring (bicyclic) bond motifs is 4. The Morgan fingerprint density at radius 2 is 2.06 bits per heavy atom. The molecular formula is C26H26N4O4. The number of nitrogens with zero attached hydrogens (tertiary/aromatic N) is 3. The Labute approximate surface area is 196 Å². The van der Waals surface area contributed by atoms with Crippen LogP contribution in [0, 0.1) is 19.8 Å². The van der Waals surface area contributed by atoms with E-state index in [-0.39, 0.29) is 11.8 Å². The van der Waals surface area contributed by atoms with Crippen LogP contribution in [0.5, 0.6) is 11.5 Å². The number of hydrogen-bond acceptors (Lipinski definition) is 5. The molecule has 8 nitrogen and oxygen atoms in total. The number of amides is 2. The molecule has 2 unspecified atom stereocenters. The second-order valence-corrected chi connectivity index (χ2v) is 9.32. The van der Waals surface area contributed by atoms with Crippen molar-refractivity contribution < 1.29 is 18.7 Å². The van der Waals surface area contributed by atoms with Gasteiger partial charge in [-0.3, -0.25) is 9.59 Å².